The lowest BCUT2D eigenvalue weighted by atomic mass is 9.93. The zero-order chi connectivity index (χ0) is 14.7. The Morgan fingerprint density at radius 2 is 1.95 bits per heavy atom. The van der Waals surface area contributed by atoms with E-state index in [-0.39, 0.29) is 5.57 Å². The molecular formula is C14H14Cl2N2O. The third-order valence-corrected chi connectivity index (χ3v) is 3.42. The van der Waals surface area contributed by atoms with E-state index in [1.807, 2.05) is 26.8 Å². The molecule has 0 spiro atoms. The quantitative estimate of drug-likeness (QED) is 0.527. The molecule has 2 N–H and O–H groups in total. The van der Waals surface area contributed by atoms with E-state index in [0.717, 1.165) is 27.8 Å². The number of halogens is 2. The lowest BCUT2D eigenvalue weighted by Crippen LogP contribution is -2.12. The zero-order valence-electron chi connectivity index (χ0n) is 10.9. The first-order valence-corrected chi connectivity index (χ1v) is 6.47. The first-order valence-electron chi connectivity index (χ1n) is 5.60. The van der Waals surface area contributed by atoms with Crippen LogP contribution in [-0.4, -0.2) is 5.91 Å². The highest BCUT2D eigenvalue weighted by molar-refractivity contribution is 6.44. The number of hydrogen-bond acceptors (Lipinski definition) is 2. The van der Waals surface area contributed by atoms with E-state index < -0.39 is 10.7 Å². The van der Waals surface area contributed by atoms with Gasteiger partial charge in [-0.05, 0) is 54.7 Å². The molecule has 19 heavy (non-hydrogen) atoms. The van der Waals surface area contributed by atoms with Crippen molar-refractivity contribution in [3.8, 4) is 6.07 Å². The van der Waals surface area contributed by atoms with Gasteiger partial charge in [0.25, 0.3) is 5.91 Å². The third-order valence-electron chi connectivity index (χ3n) is 2.98. The molecule has 1 amide bonds. The summed E-state index contributed by atoms with van der Waals surface area (Å²) in [4.78, 5) is 10.5. The van der Waals surface area contributed by atoms with Crippen molar-refractivity contribution in [1.29, 1.82) is 5.26 Å². The Kier molecular flexibility index (Phi) is 4.99. The van der Waals surface area contributed by atoms with Crippen LogP contribution < -0.4 is 5.73 Å². The van der Waals surface area contributed by atoms with E-state index in [0.29, 0.717) is 0 Å². The lowest BCUT2D eigenvalue weighted by molar-refractivity contribution is -0.114. The summed E-state index contributed by atoms with van der Waals surface area (Å²) in [6.45, 7) is 5.66. The number of amides is 1. The molecule has 100 valence electrons. The van der Waals surface area contributed by atoms with Crippen LogP contribution in [0.4, 0.5) is 0 Å². The van der Waals surface area contributed by atoms with Crippen molar-refractivity contribution >= 4 is 35.2 Å². The highest BCUT2D eigenvalue weighted by atomic mass is 35.5. The van der Waals surface area contributed by atoms with Crippen molar-refractivity contribution in [2.45, 2.75) is 25.6 Å². The van der Waals surface area contributed by atoms with Gasteiger partial charge in [-0.3, -0.25) is 4.79 Å². The summed E-state index contributed by atoms with van der Waals surface area (Å²) in [5, 5.41) is 8.90. The molecule has 0 aliphatic carbocycles. The molecule has 1 aromatic carbocycles. The van der Waals surface area contributed by atoms with Gasteiger partial charge in [0, 0.05) is 0 Å². The molecular weight excluding hydrogens is 283 g/mol. The summed E-state index contributed by atoms with van der Waals surface area (Å²) >= 11 is 11.9. The summed E-state index contributed by atoms with van der Waals surface area (Å²) in [6, 6.07) is 3.71. The maximum atomic E-state index is 11.1. The van der Waals surface area contributed by atoms with Gasteiger partial charge in [0.1, 0.15) is 16.5 Å². The number of rotatable bonds is 3. The maximum Gasteiger partial charge on any atom is 0.259 e. The van der Waals surface area contributed by atoms with Crippen molar-refractivity contribution < 1.29 is 4.79 Å². The number of benzene rings is 1. The topological polar surface area (TPSA) is 66.9 Å². The van der Waals surface area contributed by atoms with Gasteiger partial charge < -0.3 is 5.73 Å². The number of nitrogens with two attached hydrogens (primary N) is 1. The Bertz CT molecular complexity index is 598. The summed E-state index contributed by atoms with van der Waals surface area (Å²) < 4.78 is 0. The van der Waals surface area contributed by atoms with Gasteiger partial charge in [-0.1, -0.05) is 6.07 Å². The Morgan fingerprint density at radius 3 is 2.37 bits per heavy atom. The van der Waals surface area contributed by atoms with E-state index in [9.17, 15) is 4.79 Å². The number of carbonyl (C=O) groups excluding carboxylic acids is 1. The van der Waals surface area contributed by atoms with Crippen LogP contribution in [0, 0.1) is 32.1 Å². The van der Waals surface area contributed by atoms with Crippen molar-refractivity contribution in [2.24, 2.45) is 5.73 Å². The van der Waals surface area contributed by atoms with Gasteiger partial charge in [0.2, 0.25) is 0 Å². The minimum absolute atomic E-state index is 0.0957. The van der Waals surface area contributed by atoms with Crippen molar-refractivity contribution in [3.63, 3.8) is 0 Å². The molecule has 0 saturated carbocycles. The minimum atomic E-state index is -0.753. The lowest BCUT2D eigenvalue weighted by Gasteiger charge is -2.16. The monoisotopic (exact) mass is 296 g/mol. The molecule has 0 aliphatic rings. The van der Waals surface area contributed by atoms with Crippen LogP contribution in [0.5, 0.6) is 0 Å². The van der Waals surface area contributed by atoms with Crippen LogP contribution in [0.25, 0.3) is 6.08 Å². The third kappa shape index (κ3) is 3.28. The first-order chi connectivity index (χ1) is 8.79. The number of alkyl halides is 2. The Labute approximate surface area is 122 Å². The number of carbonyl (C=O) groups is 1. The van der Waals surface area contributed by atoms with E-state index >= 15 is 0 Å². The van der Waals surface area contributed by atoms with Crippen molar-refractivity contribution in [3.05, 3.63) is 39.5 Å². The molecule has 0 fully saturated rings. The maximum absolute atomic E-state index is 11.1. The molecule has 1 rings (SSSR count). The highest BCUT2D eigenvalue weighted by Gasteiger charge is 2.16. The van der Waals surface area contributed by atoms with Crippen LogP contribution in [0.1, 0.15) is 32.7 Å². The van der Waals surface area contributed by atoms with Gasteiger partial charge in [-0.25, -0.2) is 0 Å². The SMILES string of the molecule is Cc1cc(C)c(C(Cl)Cl)c(C)c1/C=C(\C#N)C(N)=O. The van der Waals surface area contributed by atoms with Crippen LogP contribution in [-0.2, 0) is 4.79 Å². The minimum Gasteiger partial charge on any atom is -0.365 e. The molecule has 0 radical (unpaired) electrons. The number of primary amides is 1. The molecule has 0 atom stereocenters. The predicted octanol–water partition coefficient (Wildman–Crippen LogP) is 3.48. The molecule has 0 bridgehead atoms. The van der Waals surface area contributed by atoms with E-state index in [1.165, 1.54) is 6.08 Å². The van der Waals surface area contributed by atoms with Gasteiger partial charge in [0.05, 0.1) is 0 Å². The number of nitrogens with zero attached hydrogens (tertiary/aromatic N) is 1. The average Bonchev–Trinajstić information content (AvgIpc) is 2.27. The molecule has 3 nitrogen and oxygen atoms in total. The first kappa shape index (κ1) is 15.6. The molecule has 0 unspecified atom stereocenters. The summed E-state index contributed by atoms with van der Waals surface area (Å²) in [5.41, 5.74) is 9.34. The van der Waals surface area contributed by atoms with E-state index in [2.05, 4.69) is 0 Å². The molecule has 5 heteroatoms. The van der Waals surface area contributed by atoms with Gasteiger partial charge in [0.15, 0.2) is 0 Å². The number of aryl methyl sites for hydroxylation is 2. The van der Waals surface area contributed by atoms with E-state index in [4.69, 9.17) is 34.2 Å². The Hall–Kier alpha value is -1.50. The molecule has 0 aromatic heterocycles. The van der Waals surface area contributed by atoms with Crippen molar-refractivity contribution in [1.82, 2.24) is 0 Å². The Morgan fingerprint density at radius 1 is 1.37 bits per heavy atom. The van der Waals surface area contributed by atoms with Gasteiger partial charge in [-0.15, -0.1) is 23.2 Å². The second-order valence-electron chi connectivity index (χ2n) is 4.30. The van der Waals surface area contributed by atoms with E-state index in [1.54, 1.807) is 6.07 Å². The second-order valence-corrected chi connectivity index (χ2v) is 5.39. The Balaban J connectivity index is 3.58. The second kappa shape index (κ2) is 6.10. The van der Waals surface area contributed by atoms with Crippen LogP contribution in [0.15, 0.2) is 11.6 Å². The van der Waals surface area contributed by atoms with Crippen LogP contribution in [0.2, 0.25) is 0 Å². The van der Waals surface area contributed by atoms with Crippen molar-refractivity contribution in [2.75, 3.05) is 0 Å². The fourth-order valence-corrected chi connectivity index (χ4v) is 2.75. The fourth-order valence-electron chi connectivity index (χ4n) is 2.08. The largest absolute Gasteiger partial charge is 0.365 e. The number of nitriles is 1. The highest BCUT2D eigenvalue weighted by Crippen LogP contribution is 2.34. The molecule has 0 heterocycles. The van der Waals surface area contributed by atoms with Gasteiger partial charge >= 0.3 is 0 Å². The molecule has 0 saturated heterocycles. The van der Waals surface area contributed by atoms with Crippen LogP contribution in [0.3, 0.4) is 0 Å². The average molecular weight is 297 g/mol. The summed E-state index contributed by atoms with van der Waals surface area (Å²) in [6.07, 6.45) is 1.48. The standard InChI is InChI=1S/C14H14Cl2N2O/c1-7-4-8(2)12(13(15)16)9(3)11(7)5-10(6-17)14(18)19/h4-5,13H,1-3H3,(H2,18,19)/b10-5+. The fraction of sp³-hybridized carbons (Fsp3) is 0.286. The molecule has 0 aliphatic heterocycles. The predicted molar refractivity (Wildman–Crippen MR) is 77.9 cm³/mol. The number of hydrogen-bond donors (Lipinski definition) is 1. The molecule has 1 aromatic rings. The van der Waals surface area contributed by atoms with Crippen LogP contribution >= 0.6 is 23.2 Å². The normalized spacial score (nSPS) is 11.5. The zero-order valence-corrected chi connectivity index (χ0v) is 12.4. The smallest absolute Gasteiger partial charge is 0.259 e. The summed E-state index contributed by atoms with van der Waals surface area (Å²) in [5.74, 6) is -0.753. The van der Waals surface area contributed by atoms with Gasteiger partial charge in [-0.2, -0.15) is 5.26 Å². The summed E-state index contributed by atoms with van der Waals surface area (Å²) in [7, 11) is 0.